The highest BCUT2D eigenvalue weighted by Gasteiger charge is 1.99. The second-order valence-corrected chi connectivity index (χ2v) is 3.71. The fourth-order valence-corrected chi connectivity index (χ4v) is 1.68. The monoisotopic (exact) mass is 199 g/mol. The molecule has 0 saturated heterocycles. The van der Waals surface area contributed by atoms with Crippen LogP contribution in [0.15, 0.2) is 59.5 Å². The van der Waals surface area contributed by atoms with Crippen LogP contribution in [0.2, 0.25) is 0 Å². The lowest BCUT2D eigenvalue weighted by Gasteiger charge is -2.03. The minimum atomic E-state index is 0.931. The molecule has 1 heteroatoms. The molecule has 0 fully saturated rings. The summed E-state index contributed by atoms with van der Waals surface area (Å²) in [5.74, 6) is 0. The average Bonchev–Trinajstić information content (AvgIpc) is 2.23. The molecule has 0 amide bonds. The molecule has 2 aromatic carbocycles. The van der Waals surface area contributed by atoms with Gasteiger partial charge in [0.05, 0.1) is 0 Å². The molecular formula is C13H11S. The second kappa shape index (κ2) is 4.25. The molecule has 0 unspecified atom stereocenters. The zero-order valence-corrected chi connectivity index (χ0v) is 8.63. The first kappa shape index (κ1) is 9.22. The molecule has 0 saturated carbocycles. The van der Waals surface area contributed by atoms with Gasteiger partial charge in [0.1, 0.15) is 0 Å². The number of hydrogen-bond acceptors (Lipinski definition) is 0. The maximum atomic E-state index is 5.25. The Labute approximate surface area is 90.0 Å². The van der Waals surface area contributed by atoms with Crippen molar-refractivity contribution in [3.63, 3.8) is 0 Å². The molecule has 0 aliphatic heterocycles. The Morgan fingerprint density at radius 3 is 2.14 bits per heavy atom. The first-order chi connectivity index (χ1) is 6.86. The predicted molar refractivity (Wildman–Crippen MR) is 61.5 cm³/mol. The van der Waals surface area contributed by atoms with Crippen molar-refractivity contribution in [3.8, 4) is 0 Å². The highest BCUT2D eigenvalue weighted by Crippen LogP contribution is 2.16. The minimum absolute atomic E-state index is 0.931. The van der Waals surface area contributed by atoms with Gasteiger partial charge < -0.3 is 0 Å². The largest absolute Gasteiger partial charge is 0.0798 e. The van der Waals surface area contributed by atoms with Crippen molar-refractivity contribution < 1.29 is 0 Å². The lowest BCUT2D eigenvalue weighted by Crippen LogP contribution is -1.88. The van der Waals surface area contributed by atoms with Gasteiger partial charge in [-0.1, -0.05) is 61.2 Å². The molecule has 0 heterocycles. The number of benzene rings is 2. The van der Waals surface area contributed by atoms with E-state index in [0.717, 1.165) is 11.3 Å². The van der Waals surface area contributed by atoms with Gasteiger partial charge in [-0.2, -0.15) is 0 Å². The summed E-state index contributed by atoms with van der Waals surface area (Å²) in [5.41, 5.74) is 2.54. The van der Waals surface area contributed by atoms with Crippen LogP contribution in [-0.2, 0) is 6.42 Å². The molecule has 0 atom stereocenters. The van der Waals surface area contributed by atoms with Gasteiger partial charge in [-0.15, -0.1) is 0 Å². The van der Waals surface area contributed by atoms with Gasteiger partial charge >= 0.3 is 0 Å². The summed E-state index contributed by atoms with van der Waals surface area (Å²) in [4.78, 5) is 0.955. The topological polar surface area (TPSA) is 0 Å². The predicted octanol–water partition coefficient (Wildman–Crippen LogP) is 3.83. The Bertz CT molecular complexity index is 407. The van der Waals surface area contributed by atoms with Gasteiger partial charge in [0.25, 0.3) is 0 Å². The molecule has 69 valence electrons. The van der Waals surface area contributed by atoms with Crippen LogP contribution in [0.1, 0.15) is 11.1 Å². The van der Waals surface area contributed by atoms with E-state index in [1.165, 1.54) is 11.1 Å². The number of rotatable bonds is 2. The van der Waals surface area contributed by atoms with Crippen LogP contribution in [0, 0.1) is 0 Å². The van der Waals surface area contributed by atoms with Gasteiger partial charge in [-0.3, -0.25) is 0 Å². The third kappa shape index (κ3) is 2.12. The Morgan fingerprint density at radius 1 is 0.786 bits per heavy atom. The first-order valence-corrected chi connectivity index (χ1v) is 5.06. The Hall–Kier alpha value is -1.34. The van der Waals surface area contributed by atoms with Gasteiger partial charge in [-0.05, 0) is 23.6 Å². The molecule has 14 heavy (non-hydrogen) atoms. The fraction of sp³-hybridized carbons (Fsp3) is 0.0769. The molecular weight excluding hydrogens is 188 g/mol. The zero-order valence-electron chi connectivity index (χ0n) is 7.81. The standard InChI is InChI=1S/C13H11S/c14-13-9-5-4-8-12(13)10-11-6-2-1-3-7-11/h1-9H,10H2. The Kier molecular flexibility index (Phi) is 2.80. The number of hydrogen-bond donors (Lipinski definition) is 0. The van der Waals surface area contributed by atoms with Crippen LogP contribution < -0.4 is 0 Å². The van der Waals surface area contributed by atoms with Crippen LogP contribution >= 0.6 is 12.6 Å². The van der Waals surface area contributed by atoms with Crippen molar-refractivity contribution in [2.24, 2.45) is 0 Å². The van der Waals surface area contributed by atoms with Crippen molar-refractivity contribution in [1.82, 2.24) is 0 Å². The van der Waals surface area contributed by atoms with E-state index in [1.807, 2.05) is 24.3 Å². The highest BCUT2D eigenvalue weighted by molar-refractivity contribution is 7.80. The summed E-state index contributed by atoms with van der Waals surface area (Å²) in [6.07, 6.45) is 0.931. The van der Waals surface area contributed by atoms with E-state index in [0.29, 0.717) is 0 Å². The van der Waals surface area contributed by atoms with E-state index in [2.05, 4.69) is 30.3 Å². The van der Waals surface area contributed by atoms with Crippen molar-refractivity contribution >= 4 is 12.6 Å². The van der Waals surface area contributed by atoms with Crippen LogP contribution in [0.4, 0.5) is 0 Å². The molecule has 0 bridgehead atoms. The quantitative estimate of drug-likeness (QED) is 0.689. The lowest BCUT2D eigenvalue weighted by atomic mass is 10.1. The zero-order chi connectivity index (χ0) is 9.80. The van der Waals surface area contributed by atoms with Gasteiger partial charge in [-0.25, -0.2) is 0 Å². The van der Waals surface area contributed by atoms with E-state index in [9.17, 15) is 0 Å². The normalized spacial score (nSPS) is 10.0. The molecule has 1 radical (unpaired) electrons. The van der Waals surface area contributed by atoms with Crippen LogP contribution in [0.25, 0.3) is 0 Å². The maximum absolute atomic E-state index is 5.25. The minimum Gasteiger partial charge on any atom is -0.0798 e. The first-order valence-electron chi connectivity index (χ1n) is 4.65. The van der Waals surface area contributed by atoms with E-state index in [1.54, 1.807) is 0 Å². The summed E-state index contributed by atoms with van der Waals surface area (Å²) in [5, 5.41) is 0. The molecule has 0 aliphatic rings. The van der Waals surface area contributed by atoms with Crippen LogP contribution in [-0.4, -0.2) is 0 Å². The molecule has 0 aliphatic carbocycles. The van der Waals surface area contributed by atoms with E-state index in [4.69, 9.17) is 12.6 Å². The van der Waals surface area contributed by atoms with Crippen molar-refractivity contribution in [2.45, 2.75) is 11.3 Å². The van der Waals surface area contributed by atoms with E-state index >= 15 is 0 Å². The Morgan fingerprint density at radius 2 is 1.43 bits per heavy atom. The third-order valence-corrected chi connectivity index (χ3v) is 2.61. The van der Waals surface area contributed by atoms with Crippen molar-refractivity contribution in [3.05, 3.63) is 65.7 Å². The summed E-state index contributed by atoms with van der Waals surface area (Å²) < 4.78 is 0. The summed E-state index contributed by atoms with van der Waals surface area (Å²) in [7, 11) is 0. The highest BCUT2D eigenvalue weighted by atomic mass is 32.1. The fourth-order valence-electron chi connectivity index (χ4n) is 1.47. The van der Waals surface area contributed by atoms with Gasteiger partial charge in [0.15, 0.2) is 0 Å². The SMILES string of the molecule is [S]c1ccccc1Cc1ccccc1. The smallest absolute Gasteiger partial charge is 0.0412 e. The molecule has 0 spiro atoms. The van der Waals surface area contributed by atoms with Gasteiger partial charge in [0.2, 0.25) is 0 Å². The van der Waals surface area contributed by atoms with Crippen molar-refractivity contribution in [1.29, 1.82) is 0 Å². The lowest BCUT2D eigenvalue weighted by molar-refractivity contribution is 1.13. The Balaban J connectivity index is 2.24. The van der Waals surface area contributed by atoms with Gasteiger partial charge in [0, 0.05) is 4.90 Å². The molecule has 0 nitrogen and oxygen atoms in total. The third-order valence-electron chi connectivity index (χ3n) is 2.21. The molecule has 0 N–H and O–H groups in total. The average molecular weight is 199 g/mol. The second-order valence-electron chi connectivity index (χ2n) is 3.27. The molecule has 0 aromatic heterocycles. The van der Waals surface area contributed by atoms with E-state index < -0.39 is 0 Å². The van der Waals surface area contributed by atoms with Crippen molar-refractivity contribution in [2.75, 3.05) is 0 Å². The molecule has 2 rings (SSSR count). The van der Waals surface area contributed by atoms with E-state index in [-0.39, 0.29) is 0 Å². The maximum Gasteiger partial charge on any atom is 0.0412 e. The summed E-state index contributed by atoms with van der Waals surface area (Å²) in [6.45, 7) is 0. The van der Waals surface area contributed by atoms with Crippen LogP contribution in [0.5, 0.6) is 0 Å². The summed E-state index contributed by atoms with van der Waals surface area (Å²) in [6, 6.07) is 18.5. The molecule has 2 aromatic rings. The van der Waals surface area contributed by atoms with Crippen LogP contribution in [0.3, 0.4) is 0 Å². The summed E-state index contributed by atoms with van der Waals surface area (Å²) >= 11 is 5.25.